The normalized spacial score (nSPS) is 15.3. The van der Waals surface area contributed by atoms with Gasteiger partial charge in [0.15, 0.2) is 0 Å². The first-order valence-corrected chi connectivity index (χ1v) is 16.4. The highest BCUT2D eigenvalue weighted by atomic mass is 31.2. The van der Waals surface area contributed by atoms with Crippen molar-refractivity contribution in [3.63, 3.8) is 0 Å². The molecule has 0 aliphatic heterocycles. The zero-order chi connectivity index (χ0) is 30.0. The highest BCUT2D eigenvalue weighted by Crippen LogP contribution is 2.44. The number of ether oxygens (including phenoxy) is 1. The number of amides is 1. The summed E-state index contributed by atoms with van der Waals surface area (Å²) in [6, 6.07) is 26.6. The summed E-state index contributed by atoms with van der Waals surface area (Å²) >= 11 is 0. The molecule has 0 saturated heterocycles. The van der Waals surface area contributed by atoms with Crippen LogP contribution in [0.5, 0.6) is 0 Å². The Bertz CT molecular complexity index is 1300. The Morgan fingerprint density at radius 1 is 0.878 bits per heavy atom. The van der Waals surface area contributed by atoms with Crippen LogP contribution in [0.15, 0.2) is 84.9 Å². The van der Waals surface area contributed by atoms with Crippen LogP contribution in [0.3, 0.4) is 0 Å². The summed E-state index contributed by atoms with van der Waals surface area (Å²) < 4.78 is 19.0. The molecule has 3 aromatic rings. The second kappa shape index (κ2) is 14.6. The van der Waals surface area contributed by atoms with Gasteiger partial charge in [-0.15, -0.1) is 0 Å². The van der Waals surface area contributed by atoms with Gasteiger partial charge in [-0.05, 0) is 61.8 Å². The summed E-state index contributed by atoms with van der Waals surface area (Å²) in [6.07, 6.45) is 1.29. The molecule has 220 valence electrons. The molecule has 6 nitrogen and oxygen atoms in total. The molecule has 0 saturated carbocycles. The van der Waals surface area contributed by atoms with Crippen molar-refractivity contribution in [3.8, 4) is 11.1 Å². The molecule has 7 heteroatoms. The maximum atomic E-state index is 13.7. The Morgan fingerprint density at radius 3 is 2.00 bits per heavy atom. The first-order chi connectivity index (χ1) is 19.4. The lowest BCUT2D eigenvalue weighted by Crippen LogP contribution is -2.50. The Kier molecular flexibility index (Phi) is 11.5. The predicted molar refractivity (Wildman–Crippen MR) is 166 cm³/mol. The van der Waals surface area contributed by atoms with E-state index in [4.69, 9.17) is 4.74 Å². The summed E-state index contributed by atoms with van der Waals surface area (Å²) in [7, 11) is -3.67. The topological polar surface area (TPSA) is 92.7 Å². The van der Waals surface area contributed by atoms with E-state index in [-0.39, 0.29) is 24.7 Å². The van der Waals surface area contributed by atoms with Crippen LogP contribution < -0.4 is 5.32 Å². The number of nitrogens with one attached hydrogen (secondary N) is 1. The monoisotopic (exact) mass is 577 g/mol. The molecule has 4 atom stereocenters. The van der Waals surface area contributed by atoms with Gasteiger partial charge in [0, 0.05) is 12.3 Å². The van der Waals surface area contributed by atoms with E-state index in [2.05, 4.69) is 5.32 Å². The summed E-state index contributed by atoms with van der Waals surface area (Å²) in [5, 5.41) is 2.90. The molecule has 3 aromatic carbocycles. The van der Waals surface area contributed by atoms with Crippen molar-refractivity contribution in [2.45, 2.75) is 65.5 Å². The zero-order valence-corrected chi connectivity index (χ0v) is 25.8. The van der Waals surface area contributed by atoms with Gasteiger partial charge in [0.25, 0.3) is 0 Å². The van der Waals surface area contributed by atoms with E-state index in [0.717, 1.165) is 22.3 Å². The highest BCUT2D eigenvalue weighted by Gasteiger charge is 2.35. The van der Waals surface area contributed by atoms with E-state index >= 15 is 0 Å². The molecule has 0 aliphatic carbocycles. The van der Waals surface area contributed by atoms with Crippen LogP contribution in [-0.4, -0.2) is 40.7 Å². The Hall–Kier alpha value is -3.21. The second-order valence-electron chi connectivity index (χ2n) is 11.9. The van der Waals surface area contributed by atoms with E-state index in [1.165, 1.54) is 0 Å². The van der Waals surface area contributed by atoms with Crippen molar-refractivity contribution in [1.82, 2.24) is 5.32 Å². The van der Waals surface area contributed by atoms with Crippen LogP contribution in [0.1, 0.15) is 52.2 Å². The van der Waals surface area contributed by atoms with Gasteiger partial charge in [-0.2, -0.15) is 0 Å². The van der Waals surface area contributed by atoms with E-state index < -0.39 is 36.8 Å². The van der Waals surface area contributed by atoms with Crippen molar-refractivity contribution in [1.29, 1.82) is 0 Å². The lowest BCUT2D eigenvalue weighted by atomic mass is 9.95. The van der Waals surface area contributed by atoms with Crippen molar-refractivity contribution >= 4 is 19.2 Å². The maximum absolute atomic E-state index is 13.7. The quantitative estimate of drug-likeness (QED) is 0.170. The summed E-state index contributed by atoms with van der Waals surface area (Å²) in [5.41, 5.74) is 3.29. The van der Waals surface area contributed by atoms with E-state index in [0.29, 0.717) is 12.8 Å². The minimum absolute atomic E-state index is 0.0780. The van der Waals surface area contributed by atoms with Crippen LogP contribution in [0.4, 0.5) is 0 Å². The fraction of sp³-hybridized carbons (Fsp3) is 0.412. The Morgan fingerprint density at radius 2 is 1.44 bits per heavy atom. The molecule has 3 rings (SSSR count). The van der Waals surface area contributed by atoms with Crippen LogP contribution in [0.25, 0.3) is 11.1 Å². The van der Waals surface area contributed by atoms with Crippen LogP contribution in [-0.2, 0) is 31.7 Å². The van der Waals surface area contributed by atoms with Gasteiger partial charge < -0.3 is 14.9 Å². The minimum atomic E-state index is -3.67. The minimum Gasteiger partial charge on any atom is -0.458 e. The van der Waals surface area contributed by atoms with Crippen molar-refractivity contribution < 1.29 is 23.8 Å². The van der Waals surface area contributed by atoms with Crippen LogP contribution >= 0.6 is 7.37 Å². The van der Waals surface area contributed by atoms with E-state index in [1.807, 2.05) is 98.8 Å². The third-order valence-electron chi connectivity index (χ3n) is 7.18. The smallest absolute Gasteiger partial charge is 0.329 e. The highest BCUT2D eigenvalue weighted by molar-refractivity contribution is 7.58. The molecule has 2 unspecified atom stereocenters. The first kappa shape index (κ1) is 32.3. The molecule has 0 aliphatic rings. The Balaban J connectivity index is 1.83. The number of aryl methyl sites for hydroxylation is 1. The molecule has 0 spiro atoms. The second-order valence-corrected chi connectivity index (χ2v) is 14.4. The lowest BCUT2D eigenvalue weighted by Gasteiger charge is -2.29. The van der Waals surface area contributed by atoms with Crippen molar-refractivity contribution in [2.24, 2.45) is 11.8 Å². The molecule has 0 aromatic heterocycles. The van der Waals surface area contributed by atoms with Gasteiger partial charge in [0.2, 0.25) is 13.3 Å². The fourth-order valence-electron chi connectivity index (χ4n) is 4.68. The zero-order valence-electron chi connectivity index (χ0n) is 24.9. The van der Waals surface area contributed by atoms with E-state index in [9.17, 15) is 19.0 Å². The van der Waals surface area contributed by atoms with Crippen molar-refractivity contribution in [3.05, 3.63) is 96.1 Å². The number of benzene rings is 3. The molecular formula is C34H44NO5P. The lowest BCUT2D eigenvalue weighted by molar-refractivity contribution is -0.160. The summed E-state index contributed by atoms with van der Waals surface area (Å²) in [4.78, 5) is 37.8. The van der Waals surface area contributed by atoms with Crippen LogP contribution in [0.2, 0.25) is 0 Å². The van der Waals surface area contributed by atoms with Gasteiger partial charge in [-0.3, -0.25) is 9.36 Å². The third-order valence-corrected chi connectivity index (χ3v) is 9.12. The summed E-state index contributed by atoms with van der Waals surface area (Å²) in [5.74, 6) is -1.87. The maximum Gasteiger partial charge on any atom is 0.329 e. The molecule has 0 radical (unpaired) electrons. The largest absolute Gasteiger partial charge is 0.458 e. The number of carbonyl (C=O) groups is 2. The fourth-order valence-corrected chi connectivity index (χ4v) is 6.45. The number of carbonyl (C=O) groups excluding carboxylic acids is 2. The molecule has 2 N–H and O–H groups in total. The number of esters is 1. The van der Waals surface area contributed by atoms with Gasteiger partial charge in [0.1, 0.15) is 11.6 Å². The average Bonchev–Trinajstić information content (AvgIpc) is 2.94. The standard InChI is InChI=1S/C34H44NO5P/c1-6-25(2)31(33(37)40-34(3,4)5)35-32(36)30(24-41(38,39)22-21-26-13-9-7-10-14-26)23-27-17-19-29(20-18-27)28-15-11-8-12-16-28/h7-20,25,30-31H,6,21-24H2,1-5H3,(H,35,36)(H,38,39)/t25?,30-,31+/m1/s1. The number of hydrogen-bond acceptors (Lipinski definition) is 4. The molecule has 0 heterocycles. The first-order valence-electron chi connectivity index (χ1n) is 14.4. The van der Waals surface area contributed by atoms with Gasteiger partial charge in [-0.1, -0.05) is 105 Å². The number of hydrogen-bond donors (Lipinski definition) is 2. The molecule has 0 bridgehead atoms. The molecule has 41 heavy (non-hydrogen) atoms. The third kappa shape index (κ3) is 10.6. The van der Waals surface area contributed by atoms with Gasteiger partial charge >= 0.3 is 5.97 Å². The average molecular weight is 578 g/mol. The summed E-state index contributed by atoms with van der Waals surface area (Å²) in [6.45, 7) is 9.21. The SMILES string of the molecule is CCC(C)[C@H](NC(=O)[C@H](Cc1ccc(-c2ccccc2)cc1)CP(=O)(O)CCc1ccccc1)C(=O)OC(C)(C)C. The van der Waals surface area contributed by atoms with Gasteiger partial charge in [-0.25, -0.2) is 4.79 Å². The van der Waals surface area contributed by atoms with Crippen LogP contribution in [0, 0.1) is 11.8 Å². The Labute approximate surface area is 245 Å². The van der Waals surface area contributed by atoms with Gasteiger partial charge in [0.05, 0.1) is 5.92 Å². The molecular weight excluding hydrogens is 533 g/mol. The predicted octanol–water partition coefficient (Wildman–Crippen LogP) is 6.90. The van der Waals surface area contributed by atoms with Crippen molar-refractivity contribution in [2.75, 3.05) is 12.3 Å². The number of rotatable bonds is 13. The van der Waals surface area contributed by atoms with E-state index in [1.54, 1.807) is 20.8 Å². The molecule has 0 fully saturated rings. The molecule has 1 amide bonds.